The largest absolute Gasteiger partial charge is 0.345 e. The Kier molecular flexibility index (Phi) is 2.26. The van der Waals surface area contributed by atoms with E-state index in [4.69, 9.17) is 22.5 Å². The third-order valence-electron chi connectivity index (χ3n) is 1.81. The van der Waals surface area contributed by atoms with Crippen LogP contribution in [-0.2, 0) is 0 Å². The molecule has 0 saturated carbocycles. The lowest BCUT2D eigenvalue weighted by Crippen LogP contribution is -1.76. The molecule has 0 unspecified atom stereocenters. The molecular formula is C11H6ClNO. The Labute approximate surface area is 86.5 Å². The van der Waals surface area contributed by atoms with E-state index in [2.05, 4.69) is 11.1 Å². The van der Waals surface area contributed by atoms with Crippen molar-refractivity contribution in [1.29, 1.82) is 0 Å². The lowest BCUT2D eigenvalue weighted by molar-refractivity contribution is 0.413. The fraction of sp³-hybridized carbons (Fsp3) is 0. The van der Waals surface area contributed by atoms with Crippen molar-refractivity contribution in [2.45, 2.75) is 0 Å². The van der Waals surface area contributed by atoms with Crippen LogP contribution in [0, 0.1) is 12.3 Å². The summed E-state index contributed by atoms with van der Waals surface area (Å²) < 4.78 is 4.88. The number of hydrogen-bond donors (Lipinski definition) is 0. The normalized spacial score (nSPS) is 9.71. The number of benzene rings is 1. The third kappa shape index (κ3) is 1.39. The monoisotopic (exact) mass is 203 g/mol. The zero-order valence-electron chi connectivity index (χ0n) is 7.20. The van der Waals surface area contributed by atoms with Crippen LogP contribution in [-0.4, -0.2) is 5.16 Å². The molecule has 0 aliphatic rings. The van der Waals surface area contributed by atoms with E-state index in [-0.39, 0.29) is 5.76 Å². The van der Waals surface area contributed by atoms with Crippen LogP contribution in [0.2, 0.25) is 5.02 Å². The number of terminal acetylenes is 1. The minimum atomic E-state index is 0.269. The van der Waals surface area contributed by atoms with Crippen molar-refractivity contribution in [2.75, 3.05) is 0 Å². The summed E-state index contributed by atoms with van der Waals surface area (Å²) in [6, 6.07) is 9.50. The highest BCUT2D eigenvalue weighted by atomic mass is 35.5. The van der Waals surface area contributed by atoms with E-state index >= 15 is 0 Å². The van der Waals surface area contributed by atoms with Gasteiger partial charge in [-0.05, 0) is 5.92 Å². The van der Waals surface area contributed by atoms with Crippen LogP contribution in [0.5, 0.6) is 0 Å². The van der Waals surface area contributed by atoms with Gasteiger partial charge in [0.2, 0.25) is 5.76 Å². The molecular weight excluding hydrogens is 198 g/mol. The Morgan fingerprint density at radius 1 is 1.29 bits per heavy atom. The standard InChI is InChI=1S/C11H6ClNO/c1-2-9-10(12)11(13-14-9)8-6-4-3-5-7-8/h1,3-7H. The minimum Gasteiger partial charge on any atom is -0.345 e. The molecule has 0 aliphatic heterocycles. The molecule has 1 heterocycles. The van der Waals surface area contributed by atoms with Crippen LogP contribution >= 0.6 is 11.6 Å². The quantitative estimate of drug-likeness (QED) is 0.666. The summed E-state index contributed by atoms with van der Waals surface area (Å²) in [5.41, 5.74) is 1.47. The molecule has 68 valence electrons. The van der Waals surface area contributed by atoms with Gasteiger partial charge in [-0.15, -0.1) is 6.42 Å². The predicted molar refractivity (Wildman–Crippen MR) is 54.9 cm³/mol. The van der Waals surface area contributed by atoms with E-state index in [1.807, 2.05) is 30.3 Å². The molecule has 0 spiro atoms. The molecule has 1 aromatic carbocycles. The fourth-order valence-electron chi connectivity index (χ4n) is 1.14. The van der Waals surface area contributed by atoms with Crippen molar-refractivity contribution in [1.82, 2.24) is 5.16 Å². The molecule has 0 amide bonds. The van der Waals surface area contributed by atoms with Crippen LogP contribution < -0.4 is 0 Å². The lowest BCUT2D eigenvalue weighted by atomic mass is 10.1. The summed E-state index contributed by atoms with van der Waals surface area (Å²) >= 11 is 5.96. The smallest absolute Gasteiger partial charge is 0.228 e. The molecule has 0 fully saturated rings. The highest BCUT2D eigenvalue weighted by Crippen LogP contribution is 2.28. The van der Waals surface area contributed by atoms with Crippen molar-refractivity contribution < 1.29 is 4.52 Å². The molecule has 2 nitrogen and oxygen atoms in total. The molecule has 0 bridgehead atoms. The van der Waals surface area contributed by atoms with E-state index in [0.29, 0.717) is 10.7 Å². The van der Waals surface area contributed by atoms with E-state index < -0.39 is 0 Å². The highest BCUT2D eigenvalue weighted by molar-refractivity contribution is 6.33. The second-order valence-corrected chi connectivity index (χ2v) is 3.06. The summed E-state index contributed by atoms with van der Waals surface area (Å²) in [6.45, 7) is 0. The average molecular weight is 204 g/mol. The summed E-state index contributed by atoms with van der Waals surface area (Å²) in [7, 11) is 0. The lowest BCUT2D eigenvalue weighted by Gasteiger charge is -1.93. The Hall–Kier alpha value is -1.72. The third-order valence-corrected chi connectivity index (χ3v) is 2.16. The molecule has 2 aromatic rings. The fourth-order valence-corrected chi connectivity index (χ4v) is 1.38. The van der Waals surface area contributed by atoms with Gasteiger partial charge in [-0.25, -0.2) is 0 Å². The van der Waals surface area contributed by atoms with Gasteiger partial charge in [0, 0.05) is 5.56 Å². The van der Waals surface area contributed by atoms with Crippen molar-refractivity contribution >= 4 is 11.6 Å². The summed E-state index contributed by atoms with van der Waals surface area (Å²) in [5, 5.41) is 4.20. The summed E-state index contributed by atoms with van der Waals surface area (Å²) in [4.78, 5) is 0. The molecule has 0 atom stereocenters. The molecule has 14 heavy (non-hydrogen) atoms. The Bertz CT molecular complexity index is 482. The van der Waals surface area contributed by atoms with Crippen LogP contribution in [0.15, 0.2) is 34.9 Å². The van der Waals surface area contributed by atoms with Crippen LogP contribution in [0.3, 0.4) is 0 Å². The van der Waals surface area contributed by atoms with E-state index in [9.17, 15) is 0 Å². The first-order valence-corrected chi connectivity index (χ1v) is 4.38. The van der Waals surface area contributed by atoms with Crippen molar-refractivity contribution in [2.24, 2.45) is 0 Å². The topological polar surface area (TPSA) is 26.0 Å². The van der Waals surface area contributed by atoms with Gasteiger partial charge < -0.3 is 4.52 Å². The first kappa shape index (κ1) is 8.86. The van der Waals surface area contributed by atoms with Gasteiger partial charge in [-0.2, -0.15) is 0 Å². The van der Waals surface area contributed by atoms with Crippen LogP contribution in [0.25, 0.3) is 11.3 Å². The molecule has 0 saturated heterocycles. The Balaban J connectivity index is 2.54. The van der Waals surface area contributed by atoms with E-state index in [0.717, 1.165) is 5.56 Å². The molecule has 1 aromatic heterocycles. The number of nitrogens with zero attached hydrogens (tertiary/aromatic N) is 1. The maximum Gasteiger partial charge on any atom is 0.228 e. The highest BCUT2D eigenvalue weighted by Gasteiger charge is 2.13. The molecule has 0 aliphatic carbocycles. The van der Waals surface area contributed by atoms with Crippen LogP contribution in [0.4, 0.5) is 0 Å². The van der Waals surface area contributed by atoms with E-state index in [1.165, 1.54) is 0 Å². The second kappa shape index (κ2) is 3.57. The van der Waals surface area contributed by atoms with Crippen molar-refractivity contribution in [3.63, 3.8) is 0 Å². The van der Waals surface area contributed by atoms with Crippen molar-refractivity contribution in [3.8, 4) is 23.6 Å². The van der Waals surface area contributed by atoms with E-state index in [1.54, 1.807) is 0 Å². The number of halogens is 1. The van der Waals surface area contributed by atoms with Gasteiger partial charge in [0.25, 0.3) is 0 Å². The van der Waals surface area contributed by atoms with Gasteiger partial charge >= 0.3 is 0 Å². The van der Waals surface area contributed by atoms with Gasteiger partial charge in [-0.3, -0.25) is 0 Å². The van der Waals surface area contributed by atoms with Gasteiger partial charge in [0.05, 0.1) is 0 Å². The Morgan fingerprint density at radius 2 is 2.00 bits per heavy atom. The second-order valence-electron chi connectivity index (χ2n) is 2.68. The SMILES string of the molecule is C#Cc1onc(-c2ccccc2)c1Cl. The van der Waals surface area contributed by atoms with Gasteiger partial charge in [0.15, 0.2) is 0 Å². The minimum absolute atomic E-state index is 0.269. The van der Waals surface area contributed by atoms with Crippen LogP contribution in [0.1, 0.15) is 5.76 Å². The summed E-state index contributed by atoms with van der Waals surface area (Å²) in [6.07, 6.45) is 5.17. The molecule has 0 N–H and O–H groups in total. The first-order valence-electron chi connectivity index (χ1n) is 4.00. The maximum atomic E-state index is 5.96. The summed E-state index contributed by atoms with van der Waals surface area (Å²) in [5.74, 6) is 2.59. The molecule has 0 radical (unpaired) electrons. The van der Waals surface area contributed by atoms with Gasteiger partial charge in [-0.1, -0.05) is 47.1 Å². The van der Waals surface area contributed by atoms with Gasteiger partial charge in [0.1, 0.15) is 10.7 Å². The number of aromatic nitrogens is 1. The molecule has 3 heteroatoms. The number of rotatable bonds is 1. The van der Waals surface area contributed by atoms with Crippen molar-refractivity contribution in [3.05, 3.63) is 41.1 Å². The first-order chi connectivity index (χ1) is 6.83. The maximum absolute atomic E-state index is 5.96. The predicted octanol–water partition coefficient (Wildman–Crippen LogP) is 2.98. The Morgan fingerprint density at radius 3 is 2.57 bits per heavy atom. The zero-order valence-corrected chi connectivity index (χ0v) is 7.95. The molecule has 2 rings (SSSR count). The zero-order chi connectivity index (χ0) is 9.97. The number of hydrogen-bond acceptors (Lipinski definition) is 2. The average Bonchev–Trinajstić information content (AvgIpc) is 2.61.